The minimum atomic E-state index is -1.26. The largest absolute Gasteiger partial charge is 0.597 e. The summed E-state index contributed by atoms with van der Waals surface area (Å²) in [6.45, 7) is 2.93. The minimum absolute atomic E-state index is 0.353. The summed E-state index contributed by atoms with van der Waals surface area (Å²) in [7, 11) is 0. The number of quaternary nitrogens is 1. The molecule has 1 unspecified atom stereocenters. The Morgan fingerprint density at radius 2 is 1.68 bits per heavy atom. The number of hydrogen-bond donors (Lipinski definition) is 2. The maximum Gasteiger partial charge on any atom is 0.371 e. The number of nitrogens with zero attached hydrogens (tertiary/aromatic N) is 1. The normalized spacial score (nSPS) is 17.4. The van der Waals surface area contributed by atoms with Crippen LogP contribution in [0.15, 0.2) is 60.7 Å². The van der Waals surface area contributed by atoms with Crippen molar-refractivity contribution >= 4 is 28.1 Å². The van der Waals surface area contributed by atoms with Crippen molar-refractivity contribution in [2.75, 3.05) is 12.0 Å². The summed E-state index contributed by atoms with van der Waals surface area (Å²) >= 11 is 0. The molecule has 1 aliphatic heterocycles. The van der Waals surface area contributed by atoms with Crippen LogP contribution >= 0.6 is 0 Å². The van der Waals surface area contributed by atoms with E-state index in [4.69, 9.17) is 4.74 Å². The van der Waals surface area contributed by atoms with Crippen LogP contribution in [0.5, 0.6) is 5.75 Å². The summed E-state index contributed by atoms with van der Waals surface area (Å²) in [5.74, 6) is 0.259. The highest BCUT2D eigenvalue weighted by molar-refractivity contribution is 6.06. The van der Waals surface area contributed by atoms with E-state index in [0.29, 0.717) is 23.5 Å². The van der Waals surface area contributed by atoms with Gasteiger partial charge in [0.25, 0.3) is 0 Å². The van der Waals surface area contributed by atoms with E-state index in [1.807, 2.05) is 30.3 Å². The number of ether oxygens (including phenoxy) is 1. The molecule has 1 aliphatic rings. The molecule has 0 aromatic heterocycles. The fraction of sp³-hybridized carbons (Fsp3) is 0.320. The standard InChI is InChI=1S/C25H29N3O3/c1-2-3-4-5-6-9-16-31-22-15-14-19-17-21(13-12-20(19)18-22)25(29)28(30)24-11-8-7-10-23(24)26-27-28/h7-8,10-15,17-18,26-27H,2-6,9,16H2,1H3. The van der Waals surface area contributed by atoms with Gasteiger partial charge in [-0.15, -0.1) is 0 Å². The number of hydrogen-bond acceptors (Lipinski definition) is 5. The molecular weight excluding hydrogens is 390 g/mol. The highest BCUT2D eigenvalue weighted by Crippen LogP contribution is 2.35. The van der Waals surface area contributed by atoms with E-state index in [0.717, 1.165) is 22.9 Å². The Bertz CT molecular complexity index is 1070. The maximum atomic E-state index is 13.2. The summed E-state index contributed by atoms with van der Waals surface area (Å²) in [6.07, 6.45) is 7.38. The summed E-state index contributed by atoms with van der Waals surface area (Å²) < 4.78 is 4.63. The van der Waals surface area contributed by atoms with Gasteiger partial charge in [0.15, 0.2) is 5.69 Å². The molecule has 0 fully saturated rings. The molecule has 0 spiro atoms. The Kier molecular flexibility index (Phi) is 6.51. The van der Waals surface area contributed by atoms with Gasteiger partial charge < -0.3 is 9.94 Å². The smallest absolute Gasteiger partial charge is 0.371 e. The number of unbranched alkanes of at least 4 members (excludes halogenated alkanes) is 5. The van der Waals surface area contributed by atoms with Crippen molar-refractivity contribution < 1.29 is 9.53 Å². The Morgan fingerprint density at radius 3 is 2.55 bits per heavy atom. The molecule has 0 aliphatic carbocycles. The number of amides is 1. The highest BCUT2D eigenvalue weighted by atomic mass is 16.6. The van der Waals surface area contributed by atoms with Crippen molar-refractivity contribution in [3.63, 3.8) is 0 Å². The van der Waals surface area contributed by atoms with Gasteiger partial charge in [0.05, 0.1) is 12.2 Å². The summed E-state index contributed by atoms with van der Waals surface area (Å²) in [6, 6.07) is 18.1. The van der Waals surface area contributed by atoms with Crippen LogP contribution in [0.1, 0.15) is 55.8 Å². The van der Waals surface area contributed by atoms with Gasteiger partial charge in [-0.1, -0.05) is 68.8 Å². The Hall–Kier alpha value is -2.93. The molecule has 2 N–H and O–H groups in total. The number of anilines is 1. The second kappa shape index (κ2) is 9.47. The fourth-order valence-electron chi connectivity index (χ4n) is 3.91. The molecule has 6 heteroatoms. The van der Waals surface area contributed by atoms with E-state index >= 15 is 0 Å². The number of nitrogens with one attached hydrogen (secondary N) is 2. The second-order valence-corrected chi connectivity index (χ2v) is 8.01. The van der Waals surface area contributed by atoms with Crippen LogP contribution < -0.4 is 20.5 Å². The average molecular weight is 420 g/mol. The molecule has 1 heterocycles. The molecule has 1 atom stereocenters. The summed E-state index contributed by atoms with van der Waals surface area (Å²) in [5.41, 5.74) is 6.68. The van der Waals surface area contributed by atoms with E-state index in [1.54, 1.807) is 30.3 Å². The van der Waals surface area contributed by atoms with Gasteiger partial charge in [-0.2, -0.15) is 4.76 Å². The third-order valence-corrected chi connectivity index (χ3v) is 5.70. The van der Waals surface area contributed by atoms with Crippen molar-refractivity contribution in [1.29, 1.82) is 0 Å². The topological polar surface area (TPSA) is 73.4 Å². The molecule has 6 nitrogen and oxygen atoms in total. The van der Waals surface area contributed by atoms with Crippen LogP contribution in [-0.2, 0) is 0 Å². The van der Waals surface area contributed by atoms with Crippen LogP contribution in [0.2, 0.25) is 0 Å². The van der Waals surface area contributed by atoms with E-state index in [2.05, 4.69) is 17.9 Å². The van der Waals surface area contributed by atoms with Crippen molar-refractivity contribution in [2.45, 2.75) is 45.4 Å². The van der Waals surface area contributed by atoms with Crippen LogP contribution in [0.25, 0.3) is 10.8 Å². The molecule has 3 aromatic carbocycles. The monoisotopic (exact) mass is 419 g/mol. The second-order valence-electron chi connectivity index (χ2n) is 8.01. The number of carbonyl (C=O) groups is 1. The van der Waals surface area contributed by atoms with Crippen LogP contribution in [0.4, 0.5) is 11.4 Å². The number of para-hydroxylation sites is 2. The zero-order valence-corrected chi connectivity index (χ0v) is 17.9. The highest BCUT2D eigenvalue weighted by Gasteiger charge is 2.39. The molecule has 0 radical (unpaired) electrons. The lowest BCUT2D eigenvalue weighted by molar-refractivity contribution is 0.0789. The van der Waals surface area contributed by atoms with E-state index in [1.165, 1.54) is 32.1 Å². The fourth-order valence-corrected chi connectivity index (χ4v) is 3.91. The first-order chi connectivity index (χ1) is 15.1. The molecule has 0 bridgehead atoms. The Labute approximate surface area is 182 Å². The molecule has 0 saturated heterocycles. The number of carbonyl (C=O) groups excluding carboxylic acids is 1. The first-order valence-electron chi connectivity index (χ1n) is 11.1. The van der Waals surface area contributed by atoms with Crippen LogP contribution in [0, 0.1) is 5.21 Å². The van der Waals surface area contributed by atoms with E-state index < -0.39 is 10.7 Å². The predicted molar refractivity (Wildman–Crippen MR) is 126 cm³/mol. The van der Waals surface area contributed by atoms with E-state index in [9.17, 15) is 10.0 Å². The van der Waals surface area contributed by atoms with Gasteiger partial charge >= 0.3 is 5.91 Å². The van der Waals surface area contributed by atoms with E-state index in [-0.39, 0.29) is 0 Å². The predicted octanol–water partition coefficient (Wildman–Crippen LogP) is 6.07. The maximum absolute atomic E-state index is 13.2. The van der Waals surface area contributed by atoms with Gasteiger partial charge in [0.1, 0.15) is 11.4 Å². The molecule has 31 heavy (non-hydrogen) atoms. The van der Waals surface area contributed by atoms with Crippen LogP contribution in [-0.4, -0.2) is 12.5 Å². The lowest BCUT2D eigenvalue weighted by atomic mass is 10.1. The molecule has 162 valence electrons. The lowest BCUT2D eigenvalue weighted by Crippen LogP contribution is -2.57. The van der Waals surface area contributed by atoms with Gasteiger partial charge in [-0.05, 0) is 47.5 Å². The van der Waals surface area contributed by atoms with Crippen molar-refractivity contribution in [1.82, 2.24) is 10.3 Å². The van der Waals surface area contributed by atoms with Crippen molar-refractivity contribution in [2.24, 2.45) is 0 Å². The Morgan fingerprint density at radius 1 is 0.935 bits per heavy atom. The SMILES string of the molecule is CCCCCCCCOc1ccc2cc(C(=O)[N+]3([O-])NNc4ccccc43)ccc2c1. The van der Waals surface area contributed by atoms with Gasteiger partial charge in [-0.25, -0.2) is 4.79 Å². The van der Waals surface area contributed by atoms with Gasteiger partial charge in [0, 0.05) is 6.07 Å². The first-order valence-corrected chi connectivity index (χ1v) is 11.1. The zero-order chi connectivity index (χ0) is 21.7. The number of hydroxylamine groups is 1. The Balaban J connectivity index is 1.42. The van der Waals surface area contributed by atoms with Crippen molar-refractivity contribution in [3.8, 4) is 5.75 Å². The molecule has 1 amide bonds. The summed E-state index contributed by atoms with van der Waals surface area (Å²) in [4.78, 5) is 13.0. The molecule has 0 saturated carbocycles. The first kappa shape index (κ1) is 21.3. The molecular formula is C25H29N3O3. The third-order valence-electron chi connectivity index (χ3n) is 5.70. The minimum Gasteiger partial charge on any atom is -0.597 e. The zero-order valence-electron chi connectivity index (χ0n) is 17.9. The van der Waals surface area contributed by atoms with Gasteiger partial charge in [-0.3, -0.25) is 5.43 Å². The third kappa shape index (κ3) is 4.56. The number of hydrazine groups is 1. The quantitative estimate of drug-likeness (QED) is 0.250. The molecule has 4 rings (SSSR count). The molecule has 3 aromatic rings. The number of benzene rings is 3. The van der Waals surface area contributed by atoms with Crippen LogP contribution in [0.3, 0.4) is 0 Å². The lowest BCUT2D eigenvalue weighted by Gasteiger charge is -2.32. The average Bonchev–Trinajstić information content (AvgIpc) is 3.15. The van der Waals surface area contributed by atoms with Gasteiger partial charge in [0.2, 0.25) is 0 Å². The van der Waals surface area contributed by atoms with Crippen molar-refractivity contribution in [3.05, 3.63) is 71.4 Å². The number of rotatable bonds is 9. The number of fused-ring (bicyclic) bond motifs is 2. The summed E-state index contributed by atoms with van der Waals surface area (Å²) in [5, 5.41) is 15.1.